The van der Waals surface area contributed by atoms with Gasteiger partial charge in [0.2, 0.25) is 0 Å². The zero-order valence-electron chi connectivity index (χ0n) is 7.00. The summed E-state index contributed by atoms with van der Waals surface area (Å²) in [5, 5.41) is 1.05. The number of carbonyl (C=O) groups excluding carboxylic acids is 1. The molecule has 13 heavy (non-hydrogen) atoms. The predicted molar refractivity (Wildman–Crippen MR) is 59.6 cm³/mol. The first-order valence-electron chi connectivity index (χ1n) is 3.86. The van der Waals surface area contributed by atoms with Crippen LogP contribution in [0.1, 0.15) is 15.2 Å². The Morgan fingerprint density at radius 2 is 2.23 bits per heavy atom. The number of fused-ring (bicyclic) bond motifs is 1. The molecule has 0 aliphatic heterocycles. The summed E-state index contributed by atoms with van der Waals surface area (Å²) in [7, 11) is 0. The van der Waals surface area contributed by atoms with Crippen molar-refractivity contribution in [2.45, 2.75) is 6.92 Å². The fraction of sp³-hybridized carbons (Fsp3) is 0.100. The Bertz CT molecular complexity index is 473. The van der Waals surface area contributed by atoms with Gasteiger partial charge in [-0.3, -0.25) is 4.79 Å². The molecule has 0 unspecified atom stereocenters. The molecule has 1 nitrogen and oxygen atoms in total. The van der Waals surface area contributed by atoms with Gasteiger partial charge in [-0.05, 0) is 41.1 Å². The Labute approximate surface area is 88.5 Å². The summed E-state index contributed by atoms with van der Waals surface area (Å²) >= 11 is 5.17. The average molecular weight is 255 g/mol. The monoisotopic (exact) mass is 254 g/mol. The van der Waals surface area contributed by atoms with Crippen LogP contribution in [0.25, 0.3) is 10.1 Å². The normalized spacial score (nSPS) is 10.6. The first-order chi connectivity index (χ1) is 6.22. The van der Waals surface area contributed by atoms with Crippen LogP contribution in [0.4, 0.5) is 0 Å². The molecule has 1 heterocycles. The molecule has 0 aliphatic rings. The van der Waals surface area contributed by atoms with E-state index in [1.54, 1.807) is 11.3 Å². The van der Waals surface area contributed by atoms with Gasteiger partial charge in [-0.2, -0.15) is 0 Å². The minimum Gasteiger partial charge on any atom is -0.298 e. The molecule has 0 bridgehead atoms. The lowest BCUT2D eigenvalue weighted by Gasteiger charge is -1.95. The van der Waals surface area contributed by atoms with Crippen LogP contribution in [0, 0.1) is 6.92 Å². The van der Waals surface area contributed by atoms with Crippen molar-refractivity contribution in [2.75, 3.05) is 0 Å². The SMILES string of the molecule is Cc1cc2c(C=O)ccc(Br)c2s1. The van der Waals surface area contributed by atoms with Crippen LogP contribution >= 0.6 is 27.3 Å². The minimum absolute atomic E-state index is 0.766. The largest absolute Gasteiger partial charge is 0.298 e. The second kappa shape index (κ2) is 3.24. The Morgan fingerprint density at radius 3 is 2.92 bits per heavy atom. The number of carbonyl (C=O) groups is 1. The van der Waals surface area contributed by atoms with Gasteiger partial charge < -0.3 is 0 Å². The van der Waals surface area contributed by atoms with E-state index < -0.39 is 0 Å². The molecule has 0 amide bonds. The fourth-order valence-corrected chi connectivity index (χ4v) is 2.88. The number of aryl methyl sites for hydroxylation is 1. The van der Waals surface area contributed by atoms with Gasteiger partial charge >= 0.3 is 0 Å². The minimum atomic E-state index is 0.766. The lowest BCUT2D eigenvalue weighted by atomic mass is 10.1. The van der Waals surface area contributed by atoms with Crippen LogP contribution in [0.5, 0.6) is 0 Å². The number of halogens is 1. The molecule has 0 radical (unpaired) electrons. The molecule has 0 saturated heterocycles. The van der Waals surface area contributed by atoms with Crippen LogP contribution in [-0.2, 0) is 0 Å². The zero-order chi connectivity index (χ0) is 9.42. The second-order valence-electron chi connectivity index (χ2n) is 2.85. The highest BCUT2D eigenvalue weighted by atomic mass is 79.9. The Hall–Kier alpha value is -0.670. The summed E-state index contributed by atoms with van der Waals surface area (Å²) in [5.41, 5.74) is 0.766. The Morgan fingerprint density at radius 1 is 1.46 bits per heavy atom. The maximum Gasteiger partial charge on any atom is 0.150 e. The molecule has 1 aromatic heterocycles. The molecular formula is C10H7BrOS. The highest BCUT2D eigenvalue weighted by molar-refractivity contribution is 9.10. The predicted octanol–water partition coefficient (Wildman–Crippen LogP) is 3.78. The maximum absolute atomic E-state index is 10.7. The van der Waals surface area contributed by atoms with Gasteiger partial charge in [0.15, 0.2) is 6.29 Å². The summed E-state index contributed by atoms with van der Waals surface area (Å²) in [4.78, 5) is 12.0. The summed E-state index contributed by atoms with van der Waals surface area (Å²) in [6, 6.07) is 5.81. The van der Waals surface area contributed by atoms with Crippen molar-refractivity contribution >= 4 is 43.6 Å². The smallest absolute Gasteiger partial charge is 0.150 e. The summed E-state index contributed by atoms with van der Waals surface area (Å²) in [6.45, 7) is 2.05. The highest BCUT2D eigenvalue weighted by Crippen LogP contribution is 2.33. The van der Waals surface area contributed by atoms with Gasteiger partial charge in [0.05, 0.1) is 0 Å². The van der Waals surface area contributed by atoms with Crippen LogP contribution < -0.4 is 0 Å². The first-order valence-corrected chi connectivity index (χ1v) is 5.47. The molecule has 2 aromatic rings. The molecule has 66 valence electrons. The van der Waals surface area contributed by atoms with E-state index >= 15 is 0 Å². The highest BCUT2D eigenvalue weighted by Gasteiger charge is 2.06. The summed E-state index contributed by atoms with van der Waals surface area (Å²) in [5.74, 6) is 0. The van der Waals surface area contributed by atoms with Crippen LogP contribution in [0.3, 0.4) is 0 Å². The van der Waals surface area contributed by atoms with Gasteiger partial charge in [-0.1, -0.05) is 0 Å². The molecule has 0 aliphatic carbocycles. The number of aldehydes is 1. The first kappa shape index (κ1) is 8.91. The quantitative estimate of drug-likeness (QED) is 0.708. The summed E-state index contributed by atoms with van der Waals surface area (Å²) < 4.78 is 2.22. The van der Waals surface area contributed by atoms with Crippen molar-refractivity contribution in [3.63, 3.8) is 0 Å². The van der Waals surface area contributed by atoms with Crippen molar-refractivity contribution in [1.82, 2.24) is 0 Å². The van der Waals surface area contributed by atoms with Crippen molar-refractivity contribution < 1.29 is 4.79 Å². The molecule has 0 N–H and O–H groups in total. The molecular weight excluding hydrogens is 248 g/mol. The number of hydrogen-bond acceptors (Lipinski definition) is 2. The molecule has 0 atom stereocenters. The van der Waals surface area contributed by atoms with E-state index in [2.05, 4.69) is 22.0 Å². The fourth-order valence-electron chi connectivity index (χ4n) is 1.34. The van der Waals surface area contributed by atoms with Gasteiger partial charge in [0, 0.05) is 25.0 Å². The van der Waals surface area contributed by atoms with Crippen LogP contribution in [0.15, 0.2) is 22.7 Å². The van der Waals surface area contributed by atoms with E-state index in [4.69, 9.17) is 0 Å². The Balaban J connectivity index is 2.91. The van der Waals surface area contributed by atoms with Crippen molar-refractivity contribution in [3.05, 3.63) is 33.1 Å². The third-order valence-electron chi connectivity index (χ3n) is 1.92. The number of rotatable bonds is 1. The number of benzene rings is 1. The second-order valence-corrected chi connectivity index (χ2v) is 4.96. The molecule has 0 spiro atoms. The summed E-state index contributed by atoms with van der Waals surface area (Å²) in [6.07, 6.45) is 0.904. The Kier molecular flexibility index (Phi) is 2.22. The molecule has 0 fully saturated rings. The van der Waals surface area contributed by atoms with E-state index in [9.17, 15) is 4.79 Å². The van der Waals surface area contributed by atoms with E-state index in [0.717, 1.165) is 26.4 Å². The van der Waals surface area contributed by atoms with Gasteiger partial charge in [0.1, 0.15) is 0 Å². The number of hydrogen-bond donors (Lipinski definition) is 0. The van der Waals surface area contributed by atoms with Crippen molar-refractivity contribution in [1.29, 1.82) is 0 Å². The topological polar surface area (TPSA) is 17.1 Å². The molecule has 3 heteroatoms. The van der Waals surface area contributed by atoms with Gasteiger partial charge in [-0.15, -0.1) is 11.3 Å². The van der Waals surface area contributed by atoms with Gasteiger partial charge in [0.25, 0.3) is 0 Å². The van der Waals surface area contributed by atoms with Crippen LogP contribution in [0.2, 0.25) is 0 Å². The molecule has 0 saturated carbocycles. The van der Waals surface area contributed by atoms with E-state index in [0.29, 0.717) is 0 Å². The van der Waals surface area contributed by atoms with E-state index in [-0.39, 0.29) is 0 Å². The van der Waals surface area contributed by atoms with E-state index in [1.165, 1.54) is 4.88 Å². The van der Waals surface area contributed by atoms with Crippen LogP contribution in [-0.4, -0.2) is 6.29 Å². The molecule has 1 aromatic carbocycles. The van der Waals surface area contributed by atoms with Crippen molar-refractivity contribution in [3.8, 4) is 0 Å². The lowest BCUT2D eigenvalue weighted by molar-refractivity contribution is 0.112. The lowest BCUT2D eigenvalue weighted by Crippen LogP contribution is -1.79. The standard InChI is InChI=1S/C10H7BrOS/c1-6-4-8-7(5-12)2-3-9(11)10(8)13-6/h2-5H,1H3. The van der Waals surface area contributed by atoms with E-state index in [1.807, 2.05) is 19.1 Å². The van der Waals surface area contributed by atoms with Gasteiger partial charge in [-0.25, -0.2) is 0 Å². The third-order valence-corrected chi connectivity index (χ3v) is 3.93. The average Bonchev–Trinajstić information content (AvgIpc) is 2.48. The maximum atomic E-state index is 10.7. The molecule has 2 rings (SSSR count). The van der Waals surface area contributed by atoms with Crippen molar-refractivity contribution in [2.24, 2.45) is 0 Å². The third kappa shape index (κ3) is 1.42. The number of thiophene rings is 1. The zero-order valence-corrected chi connectivity index (χ0v) is 9.41.